The second-order valence-electron chi connectivity index (χ2n) is 7.60. The number of nitrogens with one attached hydrogen (secondary N) is 1. The summed E-state index contributed by atoms with van der Waals surface area (Å²) in [6, 6.07) is 16.6. The molecule has 0 spiro atoms. The Morgan fingerprint density at radius 1 is 1.03 bits per heavy atom. The van der Waals surface area contributed by atoms with E-state index < -0.39 is 28.5 Å². The van der Waals surface area contributed by atoms with Crippen molar-refractivity contribution in [1.82, 2.24) is 5.32 Å². The van der Waals surface area contributed by atoms with Gasteiger partial charge in [0.25, 0.3) is 10.0 Å². The highest BCUT2D eigenvalue weighted by Gasteiger charge is 2.29. The largest absolute Gasteiger partial charge is 0.348 e. The first-order valence-corrected chi connectivity index (χ1v) is 11.8. The van der Waals surface area contributed by atoms with Gasteiger partial charge in [0.05, 0.1) is 16.6 Å². The molecule has 1 unspecified atom stereocenters. The minimum atomic E-state index is -4.05. The molecule has 3 aromatic rings. The molecule has 0 saturated carbocycles. The number of anilines is 1. The summed E-state index contributed by atoms with van der Waals surface area (Å²) < 4.78 is 41.2. The van der Waals surface area contributed by atoms with Crippen LogP contribution in [0.4, 0.5) is 10.1 Å². The van der Waals surface area contributed by atoms with E-state index in [1.807, 2.05) is 6.92 Å². The molecule has 0 bridgehead atoms. The molecule has 1 amide bonds. The number of sulfonamides is 1. The average molecular weight is 475 g/mol. The predicted molar refractivity (Wildman–Crippen MR) is 125 cm³/mol. The monoisotopic (exact) mass is 474 g/mol. The van der Waals surface area contributed by atoms with Crippen LogP contribution >= 0.6 is 11.6 Å². The molecule has 0 aliphatic rings. The van der Waals surface area contributed by atoms with E-state index in [1.54, 1.807) is 50.2 Å². The lowest BCUT2D eigenvalue weighted by molar-refractivity contribution is -0.120. The first-order chi connectivity index (χ1) is 15.1. The van der Waals surface area contributed by atoms with Crippen LogP contribution in [0.15, 0.2) is 71.6 Å². The number of aryl methyl sites for hydroxylation is 2. The number of rotatable bonds is 7. The standard InChI is InChI=1S/C24H24ClFN2O3S/c1-16-4-12-22(13-5-16)32(30,31)28(23-14-20(25)9-6-17(23)2)15-24(29)27-18(3)19-7-10-21(26)11-8-19/h4-14,18H,15H2,1-3H3,(H,27,29). The Bertz CT molecular complexity index is 1210. The lowest BCUT2D eigenvalue weighted by Crippen LogP contribution is -2.42. The maximum Gasteiger partial charge on any atom is 0.264 e. The van der Waals surface area contributed by atoms with E-state index in [0.717, 1.165) is 9.87 Å². The Balaban J connectivity index is 1.94. The van der Waals surface area contributed by atoms with Gasteiger partial charge >= 0.3 is 0 Å². The van der Waals surface area contributed by atoms with Crippen molar-refractivity contribution in [1.29, 1.82) is 0 Å². The fourth-order valence-corrected chi connectivity index (χ4v) is 4.88. The third kappa shape index (κ3) is 5.47. The molecule has 168 valence electrons. The van der Waals surface area contributed by atoms with Gasteiger partial charge in [0.1, 0.15) is 12.4 Å². The zero-order valence-corrected chi connectivity index (χ0v) is 19.5. The van der Waals surface area contributed by atoms with Crippen molar-refractivity contribution in [3.8, 4) is 0 Å². The van der Waals surface area contributed by atoms with Crippen LogP contribution in [-0.2, 0) is 14.8 Å². The Hall–Kier alpha value is -2.90. The third-order valence-corrected chi connectivity index (χ3v) is 7.09. The van der Waals surface area contributed by atoms with E-state index in [2.05, 4.69) is 5.32 Å². The molecule has 3 rings (SSSR count). The highest BCUT2D eigenvalue weighted by Crippen LogP contribution is 2.29. The fraction of sp³-hybridized carbons (Fsp3) is 0.208. The molecular formula is C24H24ClFN2O3S. The average Bonchev–Trinajstić information content (AvgIpc) is 2.74. The summed E-state index contributed by atoms with van der Waals surface area (Å²) in [4.78, 5) is 13.0. The number of amides is 1. The maximum absolute atomic E-state index is 13.5. The fourth-order valence-electron chi connectivity index (χ4n) is 3.24. The number of benzene rings is 3. The molecule has 1 atom stereocenters. The molecule has 0 fully saturated rings. The minimum Gasteiger partial charge on any atom is -0.348 e. The zero-order valence-electron chi connectivity index (χ0n) is 18.0. The van der Waals surface area contributed by atoms with Gasteiger partial charge in [-0.1, -0.05) is 47.5 Å². The topological polar surface area (TPSA) is 66.5 Å². The van der Waals surface area contributed by atoms with Gasteiger partial charge in [-0.3, -0.25) is 9.10 Å². The molecular weight excluding hydrogens is 451 g/mol. The third-order valence-electron chi connectivity index (χ3n) is 5.08. The van der Waals surface area contributed by atoms with Crippen molar-refractivity contribution in [2.24, 2.45) is 0 Å². The summed E-state index contributed by atoms with van der Waals surface area (Å²) in [7, 11) is -4.05. The van der Waals surface area contributed by atoms with Gasteiger partial charge in [-0.15, -0.1) is 0 Å². The predicted octanol–water partition coefficient (Wildman–Crippen LogP) is 5.17. The van der Waals surface area contributed by atoms with Crippen molar-refractivity contribution < 1.29 is 17.6 Å². The van der Waals surface area contributed by atoms with E-state index in [-0.39, 0.29) is 10.7 Å². The number of nitrogens with zero attached hydrogens (tertiary/aromatic N) is 1. The van der Waals surface area contributed by atoms with Crippen LogP contribution in [-0.4, -0.2) is 20.9 Å². The highest BCUT2D eigenvalue weighted by atomic mass is 35.5. The maximum atomic E-state index is 13.5. The highest BCUT2D eigenvalue weighted by molar-refractivity contribution is 7.92. The van der Waals surface area contributed by atoms with E-state index >= 15 is 0 Å². The van der Waals surface area contributed by atoms with Gasteiger partial charge < -0.3 is 5.32 Å². The quantitative estimate of drug-likeness (QED) is 0.513. The first kappa shape index (κ1) is 23.8. The van der Waals surface area contributed by atoms with Crippen molar-refractivity contribution in [2.45, 2.75) is 31.7 Å². The smallest absolute Gasteiger partial charge is 0.264 e. The summed E-state index contributed by atoms with van der Waals surface area (Å²) in [5, 5.41) is 3.14. The van der Waals surface area contributed by atoms with Gasteiger partial charge in [0, 0.05) is 5.02 Å². The Kier molecular flexibility index (Phi) is 7.21. The van der Waals surface area contributed by atoms with Gasteiger partial charge in [0.15, 0.2) is 0 Å². The van der Waals surface area contributed by atoms with Gasteiger partial charge in [-0.05, 0) is 68.3 Å². The van der Waals surface area contributed by atoms with Crippen LogP contribution in [0.25, 0.3) is 0 Å². The molecule has 32 heavy (non-hydrogen) atoms. The number of hydrogen-bond acceptors (Lipinski definition) is 3. The molecule has 8 heteroatoms. The summed E-state index contributed by atoms with van der Waals surface area (Å²) in [5.74, 6) is -0.879. The Morgan fingerprint density at radius 3 is 2.28 bits per heavy atom. The first-order valence-electron chi connectivity index (χ1n) is 9.98. The van der Waals surface area contributed by atoms with Crippen LogP contribution in [0.1, 0.15) is 29.7 Å². The molecule has 3 aromatic carbocycles. The van der Waals surface area contributed by atoms with Crippen LogP contribution in [0.3, 0.4) is 0 Å². The van der Waals surface area contributed by atoms with Crippen LogP contribution < -0.4 is 9.62 Å². The molecule has 5 nitrogen and oxygen atoms in total. The van der Waals surface area contributed by atoms with Crippen molar-refractivity contribution >= 4 is 33.2 Å². The van der Waals surface area contributed by atoms with Crippen LogP contribution in [0.2, 0.25) is 5.02 Å². The molecule has 1 N–H and O–H groups in total. The lowest BCUT2D eigenvalue weighted by Gasteiger charge is -2.26. The van der Waals surface area contributed by atoms with Gasteiger partial charge in [-0.25, -0.2) is 12.8 Å². The van der Waals surface area contributed by atoms with E-state index in [4.69, 9.17) is 11.6 Å². The van der Waals surface area contributed by atoms with Crippen molar-refractivity contribution in [2.75, 3.05) is 10.8 Å². The molecule has 0 aromatic heterocycles. The summed E-state index contributed by atoms with van der Waals surface area (Å²) in [6.45, 7) is 4.92. The molecule has 0 aliphatic carbocycles. The summed E-state index contributed by atoms with van der Waals surface area (Å²) in [6.07, 6.45) is 0. The summed E-state index contributed by atoms with van der Waals surface area (Å²) >= 11 is 6.14. The lowest BCUT2D eigenvalue weighted by atomic mass is 10.1. The Morgan fingerprint density at radius 2 is 1.66 bits per heavy atom. The Labute approximate surface area is 192 Å². The number of carbonyl (C=O) groups excluding carboxylic acids is 1. The number of halogens is 2. The second-order valence-corrected chi connectivity index (χ2v) is 9.90. The minimum absolute atomic E-state index is 0.0712. The van der Waals surface area contributed by atoms with Gasteiger partial charge in [-0.2, -0.15) is 0 Å². The normalized spacial score (nSPS) is 12.3. The number of carbonyl (C=O) groups is 1. The van der Waals surface area contributed by atoms with Crippen molar-refractivity contribution in [3.63, 3.8) is 0 Å². The molecule has 0 saturated heterocycles. The van der Waals surface area contributed by atoms with Crippen LogP contribution in [0.5, 0.6) is 0 Å². The van der Waals surface area contributed by atoms with E-state index in [0.29, 0.717) is 21.8 Å². The van der Waals surface area contributed by atoms with Crippen molar-refractivity contribution in [3.05, 3.63) is 94.3 Å². The van der Waals surface area contributed by atoms with Gasteiger partial charge in [0.2, 0.25) is 5.91 Å². The second kappa shape index (κ2) is 9.71. The zero-order chi connectivity index (χ0) is 23.5. The van der Waals surface area contributed by atoms with Crippen LogP contribution in [0, 0.1) is 19.7 Å². The van der Waals surface area contributed by atoms with E-state index in [9.17, 15) is 17.6 Å². The summed E-state index contributed by atoms with van der Waals surface area (Å²) in [5.41, 5.74) is 2.60. The molecule has 0 aliphatic heterocycles. The molecule has 0 radical (unpaired) electrons. The number of hydrogen-bond donors (Lipinski definition) is 1. The molecule has 0 heterocycles. The SMILES string of the molecule is Cc1ccc(S(=O)(=O)N(CC(=O)NC(C)c2ccc(F)cc2)c2cc(Cl)ccc2C)cc1. The van der Waals surface area contributed by atoms with E-state index in [1.165, 1.54) is 30.3 Å².